The number of aromatic amines is 1. The fourth-order valence-corrected chi connectivity index (χ4v) is 5.09. The van der Waals surface area contributed by atoms with Crippen molar-refractivity contribution in [3.63, 3.8) is 0 Å². The van der Waals surface area contributed by atoms with Gasteiger partial charge >= 0.3 is 0 Å². The lowest BCUT2D eigenvalue weighted by Crippen LogP contribution is -1.82. The molecule has 6 aromatic rings. The van der Waals surface area contributed by atoms with E-state index in [0.717, 1.165) is 33.9 Å². The van der Waals surface area contributed by atoms with E-state index < -0.39 is 0 Å². The molecule has 0 fully saturated rings. The van der Waals surface area contributed by atoms with E-state index in [0.29, 0.717) is 0 Å². The van der Waals surface area contributed by atoms with Crippen molar-refractivity contribution in [2.24, 2.45) is 0 Å². The zero-order valence-corrected chi connectivity index (χ0v) is 17.0. The van der Waals surface area contributed by atoms with Gasteiger partial charge in [0.2, 0.25) is 0 Å². The van der Waals surface area contributed by atoms with E-state index in [4.69, 9.17) is 4.98 Å². The third kappa shape index (κ3) is 2.83. The van der Waals surface area contributed by atoms with Gasteiger partial charge in [-0.25, -0.2) is 4.98 Å². The summed E-state index contributed by atoms with van der Waals surface area (Å²) in [4.78, 5) is 8.66. The summed E-state index contributed by atoms with van der Waals surface area (Å²) in [6.45, 7) is 0. The molecule has 0 aliphatic carbocycles. The molecule has 0 radical (unpaired) electrons. The minimum Gasteiger partial charge on any atom is -0.337 e. The number of rotatable bonds is 3. The fraction of sp³-hybridized carbons (Fsp3) is 0. The lowest BCUT2D eigenvalue weighted by Gasteiger charge is -2.02. The predicted octanol–water partition coefficient (Wildman–Crippen LogP) is 7.78. The second-order valence-corrected chi connectivity index (χ2v) is 8.43. The van der Waals surface area contributed by atoms with E-state index in [2.05, 4.69) is 96.0 Å². The number of fused-ring (bicyclic) bond motifs is 3. The summed E-state index contributed by atoms with van der Waals surface area (Å²) < 4.78 is 2.62. The minimum atomic E-state index is 0.893. The second kappa shape index (κ2) is 6.97. The van der Waals surface area contributed by atoms with Crippen LogP contribution >= 0.6 is 11.3 Å². The van der Waals surface area contributed by atoms with Crippen LogP contribution in [0.2, 0.25) is 0 Å². The van der Waals surface area contributed by atoms with Crippen molar-refractivity contribution in [1.29, 1.82) is 0 Å². The highest BCUT2D eigenvalue weighted by Crippen LogP contribution is 2.37. The molecule has 0 spiro atoms. The van der Waals surface area contributed by atoms with Gasteiger partial charge in [-0.2, -0.15) is 0 Å². The summed E-state index contributed by atoms with van der Waals surface area (Å²) in [5.74, 6) is 0.893. The van der Waals surface area contributed by atoms with Crippen LogP contribution in [0.15, 0.2) is 103 Å². The SMILES string of the molecule is c1ccc(-c2nc(-c3ccc4sc5ccccc5c4c3)[nH]c2-c2ccccc2)cc1. The minimum absolute atomic E-state index is 0.893. The van der Waals surface area contributed by atoms with Gasteiger partial charge in [0.1, 0.15) is 5.82 Å². The number of imidazole rings is 1. The number of aromatic nitrogens is 2. The zero-order valence-electron chi connectivity index (χ0n) is 16.2. The zero-order chi connectivity index (χ0) is 19.9. The molecule has 1 N–H and O–H groups in total. The smallest absolute Gasteiger partial charge is 0.138 e. The summed E-state index contributed by atoms with van der Waals surface area (Å²) in [6, 6.07) is 36.0. The molecule has 0 aliphatic rings. The van der Waals surface area contributed by atoms with E-state index in [1.54, 1.807) is 0 Å². The van der Waals surface area contributed by atoms with E-state index in [1.807, 2.05) is 23.5 Å². The maximum Gasteiger partial charge on any atom is 0.138 e. The van der Waals surface area contributed by atoms with E-state index in [9.17, 15) is 0 Å². The van der Waals surface area contributed by atoms with Gasteiger partial charge in [0.15, 0.2) is 0 Å². The maximum atomic E-state index is 5.05. The molecule has 2 heterocycles. The average Bonchev–Trinajstić information content (AvgIpc) is 3.42. The van der Waals surface area contributed by atoms with Crippen LogP contribution in [0.3, 0.4) is 0 Å². The van der Waals surface area contributed by atoms with Gasteiger partial charge < -0.3 is 4.98 Å². The van der Waals surface area contributed by atoms with Crippen LogP contribution in [0.5, 0.6) is 0 Å². The Labute approximate surface area is 178 Å². The Morgan fingerprint density at radius 1 is 0.567 bits per heavy atom. The molecule has 4 aromatic carbocycles. The van der Waals surface area contributed by atoms with Crippen molar-refractivity contribution in [3.05, 3.63) is 103 Å². The third-order valence-corrected chi connectivity index (χ3v) is 6.62. The fourth-order valence-electron chi connectivity index (χ4n) is 4.00. The summed E-state index contributed by atoms with van der Waals surface area (Å²) in [6.07, 6.45) is 0. The van der Waals surface area contributed by atoms with Crippen molar-refractivity contribution in [2.75, 3.05) is 0 Å². The van der Waals surface area contributed by atoms with Gasteiger partial charge in [0.25, 0.3) is 0 Å². The van der Waals surface area contributed by atoms with Crippen LogP contribution in [-0.2, 0) is 0 Å². The first kappa shape index (κ1) is 17.2. The summed E-state index contributed by atoms with van der Waals surface area (Å²) >= 11 is 1.84. The Kier molecular flexibility index (Phi) is 4.00. The Hall–Kier alpha value is -3.69. The molecular weight excluding hydrogens is 384 g/mol. The molecule has 0 saturated carbocycles. The number of nitrogens with one attached hydrogen (secondary N) is 1. The quantitative estimate of drug-likeness (QED) is 0.322. The first-order valence-corrected chi connectivity index (χ1v) is 10.8. The van der Waals surface area contributed by atoms with Crippen LogP contribution in [-0.4, -0.2) is 9.97 Å². The average molecular weight is 403 g/mol. The standard InChI is InChI=1S/C27H18N2S/c1-3-9-18(10-4-1)25-26(19-11-5-2-6-12-19)29-27(28-25)20-15-16-24-22(17-20)21-13-7-8-14-23(21)30-24/h1-17H,(H,28,29). The van der Waals surface area contributed by atoms with Crippen LogP contribution in [0.4, 0.5) is 0 Å². The van der Waals surface area contributed by atoms with E-state index in [1.165, 1.54) is 20.2 Å². The normalized spacial score (nSPS) is 11.3. The predicted molar refractivity (Wildman–Crippen MR) is 128 cm³/mol. The Bertz CT molecular complexity index is 1420. The number of benzene rings is 4. The monoisotopic (exact) mass is 402 g/mol. The molecular formula is C27H18N2S. The number of H-pyrrole nitrogens is 1. The lowest BCUT2D eigenvalue weighted by atomic mass is 10.1. The van der Waals surface area contributed by atoms with Crippen molar-refractivity contribution in [1.82, 2.24) is 9.97 Å². The van der Waals surface area contributed by atoms with Gasteiger partial charge in [-0.3, -0.25) is 0 Å². The van der Waals surface area contributed by atoms with Crippen molar-refractivity contribution in [2.45, 2.75) is 0 Å². The first-order valence-electron chi connectivity index (χ1n) is 9.99. The first-order chi connectivity index (χ1) is 14.9. The molecule has 0 unspecified atom stereocenters. The highest BCUT2D eigenvalue weighted by atomic mass is 32.1. The molecule has 0 bridgehead atoms. The largest absolute Gasteiger partial charge is 0.337 e. The molecule has 142 valence electrons. The molecule has 0 aliphatic heterocycles. The van der Waals surface area contributed by atoms with Crippen LogP contribution in [0, 0.1) is 0 Å². The summed E-state index contributed by atoms with van der Waals surface area (Å²) in [5.41, 5.74) is 5.38. The maximum absolute atomic E-state index is 5.05. The number of hydrogen-bond acceptors (Lipinski definition) is 2. The molecule has 0 amide bonds. The number of hydrogen-bond donors (Lipinski definition) is 1. The molecule has 0 saturated heterocycles. The van der Waals surface area contributed by atoms with Gasteiger partial charge in [-0.1, -0.05) is 78.9 Å². The molecule has 3 heteroatoms. The van der Waals surface area contributed by atoms with Gasteiger partial charge in [0.05, 0.1) is 11.4 Å². The van der Waals surface area contributed by atoms with Gasteiger partial charge in [-0.15, -0.1) is 11.3 Å². The van der Waals surface area contributed by atoms with E-state index in [-0.39, 0.29) is 0 Å². The third-order valence-electron chi connectivity index (χ3n) is 5.46. The molecule has 2 nitrogen and oxygen atoms in total. The topological polar surface area (TPSA) is 28.7 Å². The highest BCUT2D eigenvalue weighted by molar-refractivity contribution is 7.25. The molecule has 6 rings (SSSR count). The molecule has 0 atom stereocenters. The summed E-state index contributed by atoms with van der Waals surface area (Å²) in [7, 11) is 0. The summed E-state index contributed by atoms with van der Waals surface area (Å²) in [5, 5.41) is 2.59. The van der Waals surface area contributed by atoms with Crippen molar-refractivity contribution >= 4 is 31.5 Å². The Balaban J connectivity index is 1.56. The van der Waals surface area contributed by atoms with Crippen LogP contribution in [0.25, 0.3) is 54.1 Å². The lowest BCUT2D eigenvalue weighted by molar-refractivity contribution is 1.31. The van der Waals surface area contributed by atoms with Gasteiger partial charge in [-0.05, 0) is 24.3 Å². The van der Waals surface area contributed by atoms with Crippen LogP contribution < -0.4 is 0 Å². The van der Waals surface area contributed by atoms with E-state index >= 15 is 0 Å². The Morgan fingerprint density at radius 3 is 2.03 bits per heavy atom. The van der Waals surface area contributed by atoms with Crippen molar-refractivity contribution in [3.8, 4) is 33.9 Å². The number of thiophene rings is 1. The second-order valence-electron chi connectivity index (χ2n) is 7.35. The van der Waals surface area contributed by atoms with Crippen molar-refractivity contribution < 1.29 is 0 Å². The van der Waals surface area contributed by atoms with Crippen LogP contribution in [0.1, 0.15) is 0 Å². The molecule has 2 aromatic heterocycles. The number of nitrogens with zero attached hydrogens (tertiary/aromatic N) is 1. The van der Waals surface area contributed by atoms with Gasteiger partial charge in [0, 0.05) is 36.9 Å². The molecule has 30 heavy (non-hydrogen) atoms. The highest BCUT2D eigenvalue weighted by Gasteiger charge is 2.16. The Morgan fingerprint density at radius 2 is 1.23 bits per heavy atom.